The number of nitrogens with two attached hydrogens (primary N) is 1. The molecule has 2 fully saturated rings. The van der Waals surface area contributed by atoms with Crippen molar-refractivity contribution in [2.24, 2.45) is 28.9 Å². The van der Waals surface area contributed by atoms with E-state index in [2.05, 4.69) is 25.7 Å². The highest BCUT2D eigenvalue weighted by Gasteiger charge is 2.35. The summed E-state index contributed by atoms with van der Waals surface area (Å²) in [6, 6.07) is 0.387. The van der Waals surface area contributed by atoms with Gasteiger partial charge in [-0.15, -0.1) is 0 Å². The van der Waals surface area contributed by atoms with Crippen molar-refractivity contribution in [1.29, 1.82) is 0 Å². The quantitative estimate of drug-likeness (QED) is 0.842. The van der Waals surface area contributed by atoms with E-state index in [0.717, 1.165) is 31.8 Å². The maximum absolute atomic E-state index is 9.71. The Morgan fingerprint density at radius 2 is 1.76 bits per heavy atom. The fraction of sp³-hybridized carbons (Fsp3) is 1.00. The molecule has 4 unspecified atom stereocenters. The van der Waals surface area contributed by atoms with E-state index >= 15 is 0 Å². The van der Waals surface area contributed by atoms with Gasteiger partial charge in [0.1, 0.15) is 0 Å². The topological polar surface area (TPSA) is 49.5 Å². The van der Waals surface area contributed by atoms with Crippen molar-refractivity contribution in [1.82, 2.24) is 4.90 Å². The summed E-state index contributed by atoms with van der Waals surface area (Å²) >= 11 is 0. The van der Waals surface area contributed by atoms with E-state index in [0.29, 0.717) is 23.3 Å². The summed E-state index contributed by atoms with van der Waals surface area (Å²) in [5.74, 6) is 1.98. The summed E-state index contributed by atoms with van der Waals surface area (Å²) in [5, 5.41) is 9.71. The number of aliphatic hydroxyl groups excluding tert-OH is 1. The van der Waals surface area contributed by atoms with Gasteiger partial charge >= 0.3 is 0 Å². The second kappa shape index (κ2) is 6.97. The zero-order chi connectivity index (χ0) is 15.6. The van der Waals surface area contributed by atoms with Crippen LogP contribution in [0.2, 0.25) is 0 Å². The largest absolute Gasteiger partial charge is 0.393 e. The SMILES string of the molecule is CC(O)C1CCN(CC2CC(C(C)(C)C)CCC2N)CC1. The van der Waals surface area contributed by atoms with E-state index in [1.807, 2.05) is 6.92 Å². The highest BCUT2D eigenvalue weighted by atomic mass is 16.3. The Hall–Kier alpha value is -0.120. The van der Waals surface area contributed by atoms with Crippen molar-refractivity contribution in [3.8, 4) is 0 Å². The molecule has 0 aromatic heterocycles. The van der Waals surface area contributed by atoms with Crippen LogP contribution in [0.1, 0.15) is 59.8 Å². The van der Waals surface area contributed by atoms with Gasteiger partial charge in [-0.05, 0) is 75.3 Å². The third kappa shape index (κ3) is 4.67. The first-order valence-electron chi connectivity index (χ1n) is 8.93. The minimum Gasteiger partial charge on any atom is -0.393 e. The summed E-state index contributed by atoms with van der Waals surface area (Å²) in [6.07, 6.45) is 5.92. The third-order valence-electron chi connectivity index (χ3n) is 6.07. The number of hydrogen-bond acceptors (Lipinski definition) is 3. The molecule has 2 rings (SSSR count). The number of piperidine rings is 1. The van der Waals surface area contributed by atoms with Crippen molar-refractivity contribution in [3.05, 3.63) is 0 Å². The predicted octanol–water partition coefficient (Wildman–Crippen LogP) is 2.87. The highest BCUT2D eigenvalue weighted by Crippen LogP contribution is 2.40. The van der Waals surface area contributed by atoms with E-state index in [9.17, 15) is 5.11 Å². The van der Waals surface area contributed by atoms with Crippen LogP contribution in [-0.4, -0.2) is 41.8 Å². The lowest BCUT2D eigenvalue weighted by molar-refractivity contribution is 0.0509. The number of hydrogen-bond donors (Lipinski definition) is 2. The minimum atomic E-state index is -0.144. The van der Waals surface area contributed by atoms with Crippen LogP contribution >= 0.6 is 0 Å². The molecule has 1 saturated heterocycles. The summed E-state index contributed by atoms with van der Waals surface area (Å²) < 4.78 is 0. The Balaban J connectivity index is 1.84. The van der Waals surface area contributed by atoms with Crippen molar-refractivity contribution in [3.63, 3.8) is 0 Å². The number of nitrogens with zero attached hydrogens (tertiary/aromatic N) is 1. The first kappa shape index (κ1) is 17.2. The zero-order valence-electron chi connectivity index (χ0n) is 14.5. The number of rotatable bonds is 3. The van der Waals surface area contributed by atoms with Crippen LogP contribution in [-0.2, 0) is 0 Å². The first-order valence-corrected chi connectivity index (χ1v) is 8.93. The predicted molar refractivity (Wildman–Crippen MR) is 89.1 cm³/mol. The lowest BCUT2D eigenvalue weighted by Gasteiger charge is -2.43. The average Bonchev–Trinajstić information content (AvgIpc) is 2.40. The second-order valence-corrected chi connectivity index (χ2v) is 8.68. The van der Waals surface area contributed by atoms with Crippen LogP contribution in [0.5, 0.6) is 0 Å². The molecule has 0 radical (unpaired) electrons. The summed E-state index contributed by atoms with van der Waals surface area (Å²) in [5.41, 5.74) is 6.82. The Morgan fingerprint density at radius 1 is 1.14 bits per heavy atom. The van der Waals surface area contributed by atoms with Crippen LogP contribution in [0.15, 0.2) is 0 Å². The average molecular weight is 296 g/mol. The lowest BCUT2D eigenvalue weighted by Crippen LogP contribution is -2.47. The molecule has 3 nitrogen and oxygen atoms in total. The fourth-order valence-electron chi connectivity index (χ4n) is 4.23. The Morgan fingerprint density at radius 3 is 2.29 bits per heavy atom. The molecule has 0 aromatic rings. The molecule has 1 aliphatic carbocycles. The van der Waals surface area contributed by atoms with Gasteiger partial charge in [-0.2, -0.15) is 0 Å². The van der Waals surface area contributed by atoms with Crippen LogP contribution in [0.25, 0.3) is 0 Å². The Kier molecular flexibility index (Phi) is 5.72. The molecular weight excluding hydrogens is 260 g/mol. The lowest BCUT2D eigenvalue weighted by atomic mass is 9.67. The molecule has 4 atom stereocenters. The molecule has 3 N–H and O–H groups in total. The normalized spacial score (nSPS) is 34.9. The van der Waals surface area contributed by atoms with Gasteiger partial charge in [-0.1, -0.05) is 20.8 Å². The molecule has 1 saturated carbocycles. The summed E-state index contributed by atoms with van der Waals surface area (Å²) in [6.45, 7) is 12.5. The molecule has 2 aliphatic rings. The van der Waals surface area contributed by atoms with Gasteiger partial charge in [-0.3, -0.25) is 0 Å². The van der Waals surface area contributed by atoms with E-state index in [-0.39, 0.29) is 6.10 Å². The second-order valence-electron chi connectivity index (χ2n) is 8.68. The summed E-state index contributed by atoms with van der Waals surface area (Å²) in [7, 11) is 0. The van der Waals surface area contributed by atoms with E-state index in [1.54, 1.807) is 0 Å². The standard InChI is InChI=1S/C18H36N2O/c1-13(21)14-7-9-20(10-8-14)12-15-11-16(18(2,3)4)5-6-17(15)19/h13-17,21H,5-12,19H2,1-4H3. The van der Waals surface area contributed by atoms with Crippen molar-refractivity contribution >= 4 is 0 Å². The van der Waals surface area contributed by atoms with Gasteiger partial charge in [0.2, 0.25) is 0 Å². The molecule has 0 spiro atoms. The van der Waals surface area contributed by atoms with Gasteiger partial charge in [-0.25, -0.2) is 0 Å². The molecule has 0 amide bonds. The summed E-state index contributed by atoms with van der Waals surface area (Å²) in [4.78, 5) is 2.59. The molecule has 1 aliphatic heterocycles. The van der Waals surface area contributed by atoms with Crippen LogP contribution in [0.4, 0.5) is 0 Å². The van der Waals surface area contributed by atoms with Crippen molar-refractivity contribution in [2.75, 3.05) is 19.6 Å². The zero-order valence-corrected chi connectivity index (χ0v) is 14.5. The first-order chi connectivity index (χ1) is 9.77. The van der Waals surface area contributed by atoms with Gasteiger partial charge in [0, 0.05) is 12.6 Å². The van der Waals surface area contributed by atoms with Gasteiger partial charge < -0.3 is 15.7 Å². The number of likely N-dealkylation sites (tertiary alicyclic amines) is 1. The van der Waals surface area contributed by atoms with Gasteiger partial charge in [0.15, 0.2) is 0 Å². The van der Waals surface area contributed by atoms with Crippen molar-refractivity contribution in [2.45, 2.75) is 71.9 Å². The van der Waals surface area contributed by atoms with E-state index < -0.39 is 0 Å². The minimum absolute atomic E-state index is 0.144. The molecule has 124 valence electrons. The molecule has 0 bridgehead atoms. The van der Waals surface area contributed by atoms with E-state index in [1.165, 1.54) is 25.8 Å². The molecule has 3 heteroatoms. The van der Waals surface area contributed by atoms with Crippen LogP contribution in [0, 0.1) is 23.2 Å². The van der Waals surface area contributed by atoms with Crippen LogP contribution < -0.4 is 5.73 Å². The fourth-order valence-corrected chi connectivity index (χ4v) is 4.23. The van der Waals surface area contributed by atoms with Gasteiger partial charge in [0.05, 0.1) is 6.10 Å². The third-order valence-corrected chi connectivity index (χ3v) is 6.07. The maximum atomic E-state index is 9.71. The smallest absolute Gasteiger partial charge is 0.0541 e. The highest BCUT2D eigenvalue weighted by molar-refractivity contribution is 4.89. The van der Waals surface area contributed by atoms with Crippen molar-refractivity contribution < 1.29 is 5.11 Å². The van der Waals surface area contributed by atoms with E-state index in [4.69, 9.17) is 5.73 Å². The maximum Gasteiger partial charge on any atom is 0.0541 e. The molecule has 0 aromatic carbocycles. The Labute approximate surface area is 131 Å². The number of aliphatic hydroxyl groups is 1. The van der Waals surface area contributed by atoms with Crippen LogP contribution in [0.3, 0.4) is 0 Å². The molecule has 1 heterocycles. The molecule has 21 heavy (non-hydrogen) atoms. The Bertz CT molecular complexity index is 316. The molecular formula is C18H36N2O. The monoisotopic (exact) mass is 296 g/mol. The van der Waals surface area contributed by atoms with Gasteiger partial charge in [0.25, 0.3) is 0 Å².